The van der Waals surface area contributed by atoms with E-state index in [0.717, 1.165) is 20.3 Å². The highest BCUT2D eigenvalue weighted by Crippen LogP contribution is 2.32. The molecule has 4 aromatic rings. The van der Waals surface area contributed by atoms with Crippen LogP contribution in [0, 0.1) is 0 Å². The van der Waals surface area contributed by atoms with Crippen molar-refractivity contribution in [3.8, 4) is 0 Å². The van der Waals surface area contributed by atoms with Crippen molar-refractivity contribution in [2.45, 2.75) is 10.1 Å². The Hall–Kier alpha value is -1.89. The molecule has 0 aliphatic rings. The largest absolute Gasteiger partial charge is 0.269 e. The van der Waals surface area contributed by atoms with Crippen LogP contribution >= 0.6 is 34.7 Å². The highest BCUT2D eigenvalue weighted by molar-refractivity contribution is 8.00. The van der Waals surface area contributed by atoms with E-state index in [-0.39, 0.29) is 5.56 Å². The third-order valence-corrected chi connectivity index (χ3v) is 5.75. The third kappa shape index (κ3) is 2.97. The van der Waals surface area contributed by atoms with Crippen molar-refractivity contribution in [1.29, 1.82) is 0 Å². The van der Waals surface area contributed by atoms with Crippen molar-refractivity contribution in [2.75, 3.05) is 0 Å². The van der Waals surface area contributed by atoms with Gasteiger partial charge in [-0.1, -0.05) is 29.4 Å². The highest BCUT2D eigenvalue weighted by atomic mass is 35.5. The van der Waals surface area contributed by atoms with Gasteiger partial charge in [0.15, 0.2) is 4.34 Å². The predicted molar refractivity (Wildman–Crippen MR) is 95.7 cm³/mol. The van der Waals surface area contributed by atoms with Crippen LogP contribution in [0.25, 0.3) is 15.9 Å². The van der Waals surface area contributed by atoms with Gasteiger partial charge >= 0.3 is 0 Å². The summed E-state index contributed by atoms with van der Waals surface area (Å²) in [6.07, 6.45) is 1.72. The number of thioether (sulfide) groups is 1. The van der Waals surface area contributed by atoms with E-state index in [9.17, 15) is 4.79 Å². The maximum Gasteiger partial charge on any atom is 0.258 e. The fourth-order valence-corrected chi connectivity index (χ4v) is 4.36. The van der Waals surface area contributed by atoms with Crippen LogP contribution in [0.5, 0.6) is 0 Å². The minimum Gasteiger partial charge on any atom is -0.269 e. The van der Waals surface area contributed by atoms with Crippen LogP contribution < -0.4 is 5.56 Å². The lowest BCUT2D eigenvalue weighted by molar-refractivity contribution is 1.01. The first-order valence-electron chi connectivity index (χ1n) is 6.85. The lowest BCUT2D eigenvalue weighted by Gasteiger charge is -2.02. The number of nitrogens with zero attached hydrogens (tertiary/aromatic N) is 3. The SMILES string of the molecule is O=c1cc(CSc2nc3cc(Cl)ccc3s2)nc2ccccn12. The smallest absolute Gasteiger partial charge is 0.258 e. The molecule has 3 heterocycles. The first kappa shape index (κ1) is 14.7. The van der Waals surface area contributed by atoms with Crippen molar-refractivity contribution < 1.29 is 0 Å². The standard InChI is InChI=1S/C16H10ClN3OS2/c17-10-4-5-13-12(7-10)19-16(23-13)22-9-11-8-15(21)20-6-2-1-3-14(20)18-11/h1-8H,9H2. The minimum absolute atomic E-state index is 0.0673. The summed E-state index contributed by atoms with van der Waals surface area (Å²) in [5.74, 6) is 0.605. The third-order valence-electron chi connectivity index (χ3n) is 3.30. The van der Waals surface area contributed by atoms with Crippen LogP contribution in [0.2, 0.25) is 5.02 Å². The molecule has 0 saturated heterocycles. The van der Waals surface area contributed by atoms with Gasteiger partial charge < -0.3 is 0 Å². The molecular weight excluding hydrogens is 350 g/mol. The molecule has 1 aromatic carbocycles. The molecule has 0 amide bonds. The molecule has 3 aromatic heterocycles. The molecular formula is C16H10ClN3OS2. The van der Waals surface area contributed by atoms with Crippen LogP contribution in [0.1, 0.15) is 5.69 Å². The van der Waals surface area contributed by atoms with Crippen molar-refractivity contribution >= 4 is 50.6 Å². The molecule has 114 valence electrons. The molecule has 4 rings (SSSR count). The summed E-state index contributed by atoms with van der Waals surface area (Å²) in [5, 5.41) is 0.684. The summed E-state index contributed by atoms with van der Waals surface area (Å²) >= 11 is 9.18. The van der Waals surface area contributed by atoms with Gasteiger partial charge in [-0.3, -0.25) is 9.20 Å². The number of benzene rings is 1. The van der Waals surface area contributed by atoms with Gasteiger partial charge in [-0.05, 0) is 30.3 Å². The first-order valence-corrected chi connectivity index (χ1v) is 9.03. The maximum atomic E-state index is 12.1. The number of fused-ring (bicyclic) bond motifs is 2. The lowest BCUT2D eigenvalue weighted by atomic mass is 10.3. The normalized spacial score (nSPS) is 11.3. The summed E-state index contributed by atoms with van der Waals surface area (Å²) in [6.45, 7) is 0. The van der Waals surface area contributed by atoms with Gasteiger partial charge in [0, 0.05) is 23.0 Å². The Kier molecular flexibility index (Phi) is 3.80. The van der Waals surface area contributed by atoms with Gasteiger partial charge in [-0.15, -0.1) is 11.3 Å². The molecule has 0 aliphatic heterocycles. The first-order chi connectivity index (χ1) is 11.2. The Morgan fingerprint density at radius 3 is 3.00 bits per heavy atom. The van der Waals surface area contributed by atoms with E-state index in [1.54, 1.807) is 35.4 Å². The number of halogens is 1. The Labute approximate surface area is 144 Å². The fourth-order valence-electron chi connectivity index (χ4n) is 2.25. The number of hydrogen-bond donors (Lipinski definition) is 0. The van der Waals surface area contributed by atoms with E-state index in [1.807, 2.05) is 36.4 Å². The Morgan fingerprint density at radius 1 is 1.17 bits per heavy atom. The molecule has 0 saturated carbocycles. The number of rotatable bonds is 3. The zero-order chi connectivity index (χ0) is 15.8. The quantitative estimate of drug-likeness (QED) is 0.513. The molecule has 0 radical (unpaired) electrons. The average molecular weight is 360 g/mol. The Morgan fingerprint density at radius 2 is 2.09 bits per heavy atom. The second-order valence-electron chi connectivity index (χ2n) is 4.90. The number of aromatic nitrogens is 3. The minimum atomic E-state index is -0.0673. The van der Waals surface area contributed by atoms with Gasteiger partial charge in [-0.2, -0.15) is 0 Å². The van der Waals surface area contributed by atoms with Gasteiger partial charge in [0.1, 0.15) is 5.65 Å². The van der Waals surface area contributed by atoms with Crippen LogP contribution in [0.15, 0.2) is 57.8 Å². The Bertz CT molecular complexity index is 1070. The second kappa shape index (κ2) is 5.96. The van der Waals surface area contributed by atoms with Crippen LogP contribution in [0.4, 0.5) is 0 Å². The molecule has 4 nitrogen and oxygen atoms in total. The summed E-state index contributed by atoms with van der Waals surface area (Å²) in [7, 11) is 0. The van der Waals surface area contributed by atoms with Crippen molar-refractivity contribution in [3.05, 3.63) is 69.7 Å². The van der Waals surface area contributed by atoms with Crippen molar-refractivity contribution in [3.63, 3.8) is 0 Å². The number of hydrogen-bond acceptors (Lipinski definition) is 5. The molecule has 0 atom stereocenters. The fraction of sp³-hybridized carbons (Fsp3) is 0.0625. The summed E-state index contributed by atoms with van der Waals surface area (Å²) in [6, 6.07) is 12.8. The van der Waals surface area contributed by atoms with Gasteiger partial charge in [0.2, 0.25) is 0 Å². The summed E-state index contributed by atoms with van der Waals surface area (Å²) < 4.78 is 3.58. The maximum absolute atomic E-state index is 12.1. The molecule has 0 aliphatic carbocycles. The van der Waals surface area contributed by atoms with Crippen molar-refractivity contribution in [2.24, 2.45) is 0 Å². The molecule has 0 bridgehead atoms. The monoisotopic (exact) mass is 359 g/mol. The van der Waals surface area contributed by atoms with Gasteiger partial charge in [0.25, 0.3) is 5.56 Å². The van der Waals surface area contributed by atoms with Gasteiger partial charge in [0.05, 0.1) is 15.9 Å². The zero-order valence-electron chi connectivity index (χ0n) is 11.8. The summed E-state index contributed by atoms with van der Waals surface area (Å²) in [4.78, 5) is 21.2. The van der Waals surface area contributed by atoms with Crippen molar-refractivity contribution in [1.82, 2.24) is 14.4 Å². The van der Waals surface area contributed by atoms with Gasteiger partial charge in [-0.25, -0.2) is 9.97 Å². The number of thiazole rings is 1. The molecule has 23 heavy (non-hydrogen) atoms. The van der Waals surface area contributed by atoms with E-state index < -0.39 is 0 Å². The highest BCUT2D eigenvalue weighted by Gasteiger charge is 2.07. The molecule has 0 N–H and O–H groups in total. The Balaban J connectivity index is 1.61. The number of pyridine rings is 1. The van der Waals surface area contributed by atoms with Crippen LogP contribution in [-0.2, 0) is 5.75 Å². The molecule has 0 fully saturated rings. The zero-order valence-corrected chi connectivity index (χ0v) is 14.2. The topological polar surface area (TPSA) is 47.3 Å². The molecule has 0 spiro atoms. The predicted octanol–water partition coefficient (Wildman–Crippen LogP) is 4.25. The second-order valence-corrected chi connectivity index (χ2v) is 7.58. The van der Waals surface area contributed by atoms with E-state index in [0.29, 0.717) is 16.4 Å². The van der Waals surface area contributed by atoms with E-state index >= 15 is 0 Å². The van der Waals surface area contributed by atoms with E-state index in [1.165, 1.54) is 4.40 Å². The average Bonchev–Trinajstić information content (AvgIpc) is 2.95. The molecule has 0 unspecified atom stereocenters. The van der Waals surface area contributed by atoms with Crippen LogP contribution in [-0.4, -0.2) is 14.4 Å². The van der Waals surface area contributed by atoms with Crippen LogP contribution in [0.3, 0.4) is 0 Å². The summed E-state index contributed by atoms with van der Waals surface area (Å²) in [5.41, 5.74) is 2.24. The lowest BCUT2D eigenvalue weighted by Crippen LogP contribution is -2.14. The van der Waals surface area contributed by atoms with E-state index in [2.05, 4.69) is 9.97 Å². The van der Waals surface area contributed by atoms with E-state index in [4.69, 9.17) is 11.6 Å². The molecule has 7 heteroatoms.